The van der Waals surface area contributed by atoms with E-state index in [0.29, 0.717) is 12.0 Å². The van der Waals surface area contributed by atoms with Gasteiger partial charge in [0.05, 0.1) is 43.4 Å². The van der Waals surface area contributed by atoms with E-state index in [4.69, 9.17) is 13.9 Å². The molecule has 12 nitrogen and oxygen atoms in total. The number of H-pyrrole nitrogens is 3. The van der Waals surface area contributed by atoms with Crippen molar-refractivity contribution in [2.75, 3.05) is 87.7 Å². The Morgan fingerprint density at radius 2 is 0.703 bits per heavy atom. The van der Waals surface area contributed by atoms with Crippen LogP contribution in [0.1, 0.15) is 262 Å². The molecule has 6 aliphatic carbocycles. The quantitative estimate of drug-likeness (QED) is 0.115. The van der Waals surface area contributed by atoms with E-state index in [9.17, 15) is 0 Å². The molecule has 5 aromatic heterocycles. The van der Waals surface area contributed by atoms with Gasteiger partial charge in [0.2, 0.25) is 0 Å². The molecule has 0 bridgehead atoms. The van der Waals surface area contributed by atoms with Crippen molar-refractivity contribution in [1.29, 1.82) is 0 Å². The van der Waals surface area contributed by atoms with Crippen molar-refractivity contribution in [2.45, 2.75) is 272 Å². The minimum absolute atomic E-state index is 0.0420. The largest absolute Gasteiger partial charge is 0.459 e. The summed E-state index contributed by atoms with van der Waals surface area (Å²) in [6, 6.07) is 107. The van der Waals surface area contributed by atoms with Crippen LogP contribution in [-0.2, 0) is 88.3 Å². The van der Waals surface area contributed by atoms with Crippen LogP contribution in [0, 0.1) is 13.8 Å². The van der Waals surface area contributed by atoms with E-state index in [1.165, 1.54) is 266 Å². The number of aromatic amines is 3. The molecule has 10 heterocycles. The first-order valence-corrected chi connectivity index (χ1v) is 58.8. The van der Waals surface area contributed by atoms with Crippen molar-refractivity contribution < 1.29 is 13.9 Å². The third-order valence-electron chi connectivity index (χ3n) is 38.6. The van der Waals surface area contributed by atoms with Crippen molar-refractivity contribution >= 4 is 89.9 Å². The first kappa shape index (κ1) is 101. The molecule has 11 aliphatic rings. The van der Waals surface area contributed by atoms with Crippen LogP contribution in [0.5, 0.6) is 0 Å². The van der Waals surface area contributed by atoms with Crippen LogP contribution in [0.25, 0.3) is 60.3 Å². The van der Waals surface area contributed by atoms with E-state index in [1.807, 2.05) is 0 Å². The highest BCUT2D eigenvalue weighted by molar-refractivity contribution is 8.00. The van der Waals surface area contributed by atoms with Crippen molar-refractivity contribution in [3.63, 3.8) is 0 Å². The molecule has 15 heteroatoms. The number of thioether (sulfide) groups is 3. The van der Waals surface area contributed by atoms with Gasteiger partial charge < -0.3 is 33.4 Å². The number of benzene rings is 11. The molecule has 16 aromatic rings. The lowest BCUT2D eigenvalue weighted by molar-refractivity contribution is -0.166. The molecular formula is C133H155N9O3S3. The van der Waals surface area contributed by atoms with Crippen LogP contribution in [0.4, 0.5) is 0 Å². The number of nitrogens with one attached hydrogen (secondary N) is 3. The summed E-state index contributed by atoms with van der Waals surface area (Å²) in [7, 11) is 22.5. The maximum Gasteiger partial charge on any atom is 0.134 e. The highest BCUT2D eigenvalue weighted by Crippen LogP contribution is 2.65. The van der Waals surface area contributed by atoms with Crippen molar-refractivity contribution in [1.82, 2.24) is 44.0 Å². The van der Waals surface area contributed by atoms with Gasteiger partial charge >= 0.3 is 0 Å². The molecule has 6 saturated carbocycles. The number of fused-ring (bicyclic) bond motifs is 22. The van der Waals surface area contributed by atoms with E-state index in [0.717, 1.165) is 69.8 Å². The molecule has 768 valence electrons. The monoisotopic (exact) mass is 2020 g/mol. The Morgan fingerprint density at radius 1 is 0.318 bits per heavy atom. The summed E-state index contributed by atoms with van der Waals surface area (Å²) < 4.78 is 23.8. The molecule has 5 spiro atoms. The molecule has 11 aromatic carbocycles. The zero-order valence-electron chi connectivity index (χ0n) is 90.0. The number of hydrogen-bond acceptors (Lipinski definition) is 11. The fourth-order valence-electron chi connectivity index (χ4n) is 30.3. The minimum atomic E-state index is -0.268. The van der Waals surface area contributed by atoms with Gasteiger partial charge in [-0.2, -0.15) is 0 Å². The van der Waals surface area contributed by atoms with Crippen LogP contribution in [-0.4, -0.2) is 144 Å². The fraction of sp³-hybridized carbons (Fsp3) is 0.429. The fourth-order valence-corrected chi connectivity index (χ4v) is 34.8. The number of aryl methyl sites for hydroxylation is 5. The molecule has 5 aliphatic heterocycles. The van der Waals surface area contributed by atoms with E-state index in [2.05, 4.69) is 462 Å². The zero-order valence-corrected chi connectivity index (χ0v) is 92.4. The first-order chi connectivity index (χ1) is 71.9. The van der Waals surface area contributed by atoms with Gasteiger partial charge in [0.15, 0.2) is 0 Å². The number of para-hydroxylation sites is 6. The van der Waals surface area contributed by atoms with Gasteiger partial charge in [0.25, 0.3) is 0 Å². The van der Waals surface area contributed by atoms with Crippen molar-refractivity contribution in [3.05, 3.63) is 386 Å². The predicted molar refractivity (Wildman–Crippen MR) is 622 cm³/mol. The molecule has 6 fully saturated rings. The second-order valence-electron chi connectivity index (χ2n) is 46.8. The molecule has 0 saturated heterocycles. The van der Waals surface area contributed by atoms with Crippen LogP contribution < -0.4 is 0 Å². The van der Waals surface area contributed by atoms with Crippen LogP contribution >= 0.6 is 35.3 Å². The predicted octanol–water partition coefficient (Wildman–Crippen LogP) is 31.2. The van der Waals surface area contributed by atoms with Gasteiger partial charge in [-0.05, 0) is 362 Å². The maximum absolute atomic E-state index is 7.13. The molecular weight excluding hydrogens is 1870 g/mol. The zero-order chi connectivity index (χ0) is 102. The Kier molecular flexibility index (Phi) is 27.9. The van der Waals surface area contributed by atoms with Crippen LogP contribution in [0.15, 0.2) is 296 Å². The SMILES string of the molecule is CC1Cc2c(n(-c3ccccc3)c3ccccc23)C2(CCC(c3ccccc3)(N(C)C)CC2)O1.CN(C)C1(c2ccccc2)CCC2(CC1)OC1CCCCC1c1c2[nH]c2ccccc12.CN(C)C1(c2ccccc2)CCC2(CC1)SCCc1c2oc2ccccc12.Cc1ccc(C2(N(C)C)CCC3(CC2)SCCc2c3[nH]c3ccccc23)cc1.Cc1cccc(C2(N(C)C)CCC3(CC2)SCCc2c3[nH]c3ccccc23)c1. The normalized spacial score (nSPS) is 28.5. The molecule has 0 amide bonds. The Morgan fingerprint density at radius 3 is 1.20 bits per heavy atom. The smallest absolute Gasteiger partial charge is 0.134 e. The van der Waals surface area contributed by atoms with Gasteiger partial charge in [-0.15, -0.1) is 35.3 Å². The minimum Gasteiger partial charge on any atom is -0.459 e. The van der Waals surface area contributed by atoms with Crippen LogP contribution in [0.2, 0.25) is 0 Å². The summed E-state index contributed by atoms with van der Waals surface area (Å²) in [6.45, 7) is 6.65. The number of rotatable bonds is 11. The first-order valence-electron chi connectivity index (χ1n) is 55.9. The third kappa shape index (κ3) is 17.6. The van der Waals surface area contributed by atoms with Crippen molar-refractivity contribution in [3.8, 4) is 5.69 Å². The number of nitrogens with zero attached hydrogens (tertiary/aromatic N) is 6. The summed E-state index contributed by atoms with van der Waals surface area (Å²) in [4.78, 5) is 23.9. The maximum atomic E-state index is 7.13. The average molecular weight is 2020 g/mol. The summed E-state index contributed by atoms with van der Waals surface area (Å²) >= 11 is 6.55. The molecule has 27 rings (SSSR count). The Labute approximate surface area is 892 Å². The number of aromatic nitrogens is 4. The molecule has 148 heavy (non-hydrogen) atoms. The lowest BCUT2D eigenvalue weighted by Gasteiger charge is -2.53. The molecule has 3 atom stereocenters. The van der Waals surface area contributed by atoms with E-state index in [-0.39, 0.29) is 59.2 Å². The molecule has 3 N–H and O–H groups in total. The average Bonchev–Trinajstić information content (AvgIpc) is 1.54. The second-order valence-corrected chi connectivity index (χ2v) is 51.3. The second kappa shape index (κ2) is 40.8. The molecule has 3 unspecified atom stereocenters. The van der Waals surface area contributed by atoms with Crippen molar-refractivity contribution in [2.24, 2.45) is 0 Å². The molecule has 0 radical (unpaired) electrons. The van der Waals surface area contributed by atoms with E-state index in [1.54, 1.807) is 16.7 Å². The van der Waals surface area contributed by atoms with Gasteiger partial charge in [0.1, 0.15) is 22.5 Å². The van der Waals surface area contributed by atoms with Gasteiger partial charge in [-0.1, -0.05) is 273 Å². The summed E-state index contributed by atoms with van der Waals surface area (Å²) in [5.41, 5.74) is 31.2. The van der Waals surface area contributed by atoms with Crippen LogP contribution in [0.3, 0.4) is 0 Å². The number of hydrogen-bond donors (Lipinski definition) is 3. The number of furan rings is 1. The number of ether oxygens (including phenoxy) is 2. The van der Waals surface area contributed by atoms with Gasteiger partial charge in [0, 0.05) is 106 Å². The lowest BCUT2D eigenvalue weighted by Crippen LogP contribution is -2.52. The lowest BCUT2D eigenvalue weighted by atomic mass is 9.65. The highest BCUT2D eigenvalue weighted by Gasteiger charge is 2.58. The van der Waals surface area contributed by atoms with E-state index >= 15 is 0 Å². The highest BCUT2D eigenvalue weighted by atomic mass is 32.2. The van der Waals surface area contributed by atoms with Gasteiger partial charge in [-0.25, -0.2) is 0 Å². The summed E-state index contributed by atoms with van der Waals surface area (Å²) in [5, 5.41) is 7.04. The Bertz CT molecular complexity index is 7350. The standard InChI is InChI=1S/C31H34N2O.C28H34N2O.2C25H30N2S.C24H27NOS/c1-23-22-27-26-16-10-11-17-28(26)33(25-14-8-5-9-15-25)29(27)31(34-23)20-18-30(19-21-31,32(2)3)24-12-6-4-7-13-24;1-30(2)27(20-10-4-3-5-11-20)16-18-28(19-17-27)26-25(21-12-6-8-14-23(21)29-26)22-13-7-9-15-24(22)31-28;1-18-7-6-8-19(17-18)24(27(2)3)12-14-25(15-13-24)23-21(11-16-28-25)20-9-4-5-10-22(20)26-23;1-18-8-10-19(11-9-18)24(27(2)3)13-15-25(16-14-24)23-21(12-17-28-25)20-6-4-5-7-22(20)26-23;1-25(2)23(18-8-4-3-5-9-18)13-15-24(16-14-23)22-20(12-17-27-24)19-10-6-7-11-21(19)26-22/h4-17,23H,18-22H2,1-3H3;3-6,8,10-12,14,22,24,29H,7,9,13,15-19H2,1-2H3;4-10,17,26H,11-16H2,1-3H3;4-11,26H,12-17H2,1-3H3;3-11H,12-17H2,1-2H3. The topological polar surface area (TPSA) is 100 Å². The Balaban J connectivity index is 0.000000102. The van der Waals surface area contributed by atoms with Gasteiger partial charge in [-0.3, -0.25) is 24.5 Å². The Hall–Kier alpha value is -10.1. The summed E-state index contributed by atoms with van der Waals surface area (Å²) in [6.07, 6.45) is 33.3. The van der Waals surface area contributed by atoms with E-state index < -0.39 is 0 Å². The third-order valence-corrected chi connectivity index (χ3v) is 43.3. The summed E-state index contributed by atoms with van der Waals surface area (Å²) in [5.74, 6) is 5.53.